The summed E-state index contributed by atoms with van der Waals surface area (Å²) in [5, 5.41) is 14.1. The quantitative estimate of drug-likeness (QED) is 0.498. The number of halogens is 1. The summed E-state index contributed by atoms with van der Waals surface area (Å²) in [5.74, 6) is 0.918. The maximum Gasteiger partial charge on any atom is 0.283 e. The van der Waals surface area contributed by atoms with Crippen LogP contribution in [0.5, 0.6) is 0 Å². The van der Waals surface area contributed by atoms with Gasteiger partial charge in [-0.25, -0.2) is 0 Å². The molecular formula is C12H15BrN2O2. The molecule has 1 aromatic rings. The van der Waals surface area contributed by atoms with Gasteiger partial charge in [-0.3, -0.25) is 10.1 Å². The van der Waals surface area contributed by atoms with E-state index < -0.39 is 0 Å². The molecule has 0 spiro atoms. The summed E-state index contributed by atoms with van der Waals surface area (Å²) in [6.45, 7) is 1.69. The highest BCUT2D eigenvalue weighted by Gasteiger charge is 2.20. The molecule has 0 heterocycles. The van der Waals surface area contributed by atoms with E-state index in [1.54, 1.807) is 12.1 Å². The van der Waals surface area contributed by atoms with Crippen LogP contribution in [-0.2, 0) is 6.54 Å². The van der Waals surface area contributed by atoms with Gasteiger partial charge in [-0.1, -0.05) is 18.9 Å². The first kappa shape index (κ1) is 12.5. The van der Waals surface area contributed by atoms with Crippen LogP contribution in [0.15, 0.2) is 22.7 Å². The molecule has 0 radical (unpaired) electrons. The largest absolute Gasteiger partial charge is 0.313 e. The number of nitro groups is 1. The van der Waals surface area contributed by atoms with Crippen LogP contribution >= 0.6 is 15.9 Å². The van der Waals surface area contributed by atoms with Crippen molar-refractivity contribution in [3.05, 3.63) is 38.3 Å². The van der Waals surface area contributed by atoms with Crippen molar-refractivity contribution >= 4 is 21.6 Å². The van der Waals surface area contributed by atoms with Crippen molar-refractivity contribution in [1.82, 2.24) is 5.32 Å². The van der Waals surface area contributed by atoms with Gasteiger partial charge >= 0.3 is 0 Å². The first-order valence-corrected chi connectivity index (χ1v) is 6.59. The summed E-state index contributed by atoms with van der Waals surface area (Å²) < 4.78 is 0.532. The summed E-state index contributed by atoms with van der Waals surface area (Å²) >= 11 is 3.18. The highest BCUT2D eigenvalue weighted by atomic mass is 79.9. The molecule has 1 N–H and O–H groups in total. The van der Waals surface area contributed by atoms with Crippen molar-refractivity contribution in [1.29, 1.82) is 0 Å². The van der Waals surface area contributed by atoms with E-state index in [2.05, 4.69) is 21.2 Å². The van der Waals surface area contributed by atoms with Crippen LogP contribution in [0.3, 0.4) is 0 Å². The van der Waals surface area contributed by atoms with E-state index in [1.165, 1.54) is 19.3 Å². The minimum absolute atomic E-state index is 0.131. The highest BCUT2D eigenvalue weighted by Crippen LogP contribution is 2.31. The third kappa shape index (κ3) is 3.78. The number of nitrogens with one attached hydrogen (secondary N) is 1. The Hall–Kier alpha value is -0.940. The molecule has 2 rings (SSSR count). The molecule has 1 aromatic carbocycles. The van der Waals surface area contributed by atoms with Gasteiger partial charge in [0, 0.05) is 12.6 Å². The molecular weight excluding hydrogens is 284 g/mol. The van der Waals surface area contributed by atoms with E-state index in [1.807, 2.05) is 6.07 Å². The first-order valence-electron chi connectivity index (χ1n) is 5.80. The zero-order valence-electron chi connectivity index (χ0n) is 9.49. The molecule has 0 saturated heterocycles. The molecule has 4 nitrogen and oxygen atoms in total. The molecule has 0 atom stereocenters. The minimum Gasteiger partial charge on any atom is -0.313 e. The number of nitrogens with zero attached hydrogens (tertiary/aromatic N) is 1. The summed E-state index contributed by atoms with van der Waals surface area (Å²) in [4.78, 5) is 10.4. The Morgan fingerprint density at radius 1 is 1.47 bits per heavy atom. The van der Waals surface area contributed by atoms with Crippen LogP contribution in [0.1, 0.15) is 24.8 Å². The maximum atomic E-state index is 10.8. The molecule has 0 unspecified atom stereocenters. The number of hydrogen-bond donors (Lipinski definition) is 1. The molecule has 0 aromatic heterocycles. The molecule has 1 saturated carbocycles. The molecule has 92 valence electrons. The second kappa shape index (κ2) is 5.60. The lowest BCUT2D eigenvalue weighted by Crippen LogP contribution is -2.15. The third-order valence-corrected chi connectivity index (χ3v) is 3.63. The van der Waals surface area contributed by atoms with Crippen LogP contribution in [0.4, 0.5) is 5.69 Å². The molecule has 1 aliphatic carbocycles. The number of hydrogen-bond acceptors (Lipinski definition) is 3. The summed E-state index contributed by atoms with van der Waals surface area (Å²) in [7, 11) is 0. The standard InChI is InChI=1S/C12H15BrN2O2/c13-11-4-3-10(7-12(11)15(16)17)8-14-6-5-9-1-2-9/h3-4,7,9,14H,1-2,5-6,8H2. The Bertz CT molecular complexity index is 419. The Labute approximate surface area is 109 Å². The Morgan fingerprint density at radius 2 is 2.24 bits per heavy atom. The molecule has 1 fully saturated rings. The lowest BCUT2D eigenvalue weighted by atomic mass is 10.2. The van der Waals surface area contributed by atoms with Crippen molar-refractivity contribution in [2.45, 2.75) is 25.8 Å². The lowest BCUT2D eigenvalue weighted by Gasteiger charge is -2.05. The lowest BCUT2D eigenvalue weighted by molar-refractivity contribution is -0.385. The second-order valence-corrected chi connectivity index (χ2v) is 5.31. The first-order chi connectivity index (χ1) is 8.16. The van der Waals surface area contributed by atoms with Crippen molar-refractivity contribution < 1.29 is 4.92 Å². The fourth-order valence-corrected chi connectivity index (χ4v) is 2.14. The molecule has 0 bridgehead atoms. The monoisotopic (exact) mass is 298 g/mol. The normalized spacial score (nSPS) is 14.9. The van der Waals surface area contributed by atoms with E-state index in [0.717, 1.165) is 18.0 Å². The van der Waals surface area contributed by atoms with Crippen LogP contribution < -0.4 is 5.32 Å². The van der Waals surface area contributed by atoms with Gasteiger partial charge in [-0.05, 0) is 46.4 Å². The SMILES string of the molecule is O=[N+]([O-])c1cc(CNCCC2CC2)ccc1Br. The second-order valence-electron chi connectivity index (χ2n) is 4.45. The van der Waals surface area contributed by atoms with Gasteiger partial charge in [0.1, 0.15) is 0 Å². The zero-order chi connectivity index (χ0) is 12.3. The fraction of sp³-hybridized carbons (Fsp3) is 0.500. The predicted molar refractivity (Wildman–Crippen MR) is 69.8 cm³/mol. The van der Waals surface area contributed by atoms with Gasteiger partial charge < -0.3 is 5.32 Å². The van der Waals surface area contributed by atoms with Gasteiger partial charge in [0.2, 0.25) is 0 Å². The number of rotatable bonds is 6. The van der Waals surface area contributed by atoms with E-state index in [4.69, 9.17) is 0 Å². The summed E-state index contributed by atoms with van der Waals surface area (Å²) in [6, 6.07) is 5.26. The number of nitro benzene ring substituents is 1. The van der Waals surface area contributed by atoms with Gasteiger partial charge in [-0.15, -0.1) is 0 Å². The predicted octanol–water partition coefficient (Wildman–Crippen LogP) is 3.25. The van der Waals surface area contributed by atoms with E-state index in [-0.39, 0.29) is 10.6 Å². The number of benzene rings is 1. The Morgan fingerprint density at radius 3 is 2.88 bits per heavy atom. The van der Waals surface area contributed by atoms with Crippen LogP contribution in [0.25, 0.3) is 0 Å². The van der Waals surface area contributed by atoms with Crippen LogP contribution in [0, 0.1) is 16.0 Å². The van der Waals surface area contributed by atoms with Crippen molar-refractivity contribution in [2.24, 2.45) is 5.92 Å². The fourth-order valence-electron chi connectivity index (χ4n) is 1.75. The minimum atomic E-state index is -0.363. The average molecular weight is 299 g/mol. The summed E-state index contributed by atoms with van der Waals surface area (Å²) in [5.41, 5.74) is 1.09. The van der Waals surface area contributed by atoms with Gasteiger partial charge in [0.05, 0.1) is 9.40 Å². The Kier molecular flexibility index (Phi) is 4.12. The molecule has 1 aliphatic rings. The van der Waals surface area contributed by atoms with Crippen molar-refractivity contribution in [3.8, 4) is 0 Å². The highest BCUT2D eigenvalue weighted by molar-refractivity contribution is 9.10. The van der Waals surface area contributed by atoms with Gasteiger partial charge in [0.15, 0.2) is 0 Å². The van der Waals surface area contributed by atoms with Crippen LogP contribution in [0.2, 0.25) is 0 Å². The maximum absolute atomic E-state index is 10.8. The topological polar surface area (TPSA) is 55.2 Å². The molecule has 5 heteroatoms. The smallest absolute Gasteiger partial charge is 0.283 e. The third-order valence-electron chi connectivity index (χ3n) is 2.96. The summed E-state index contributed by atoms with van der Waals surface area (Å²) in [6.07, 6.45) is 3.95. The van der Waals surface area contributed by atoms with Crippen molar-refractivity contribution in [3.63, 3.8) is 0 Å². The van der Waals surface area contributed by atoms with Crippen molar-refractivity contribution in [2.75, 3.05) is 6.54 Å². The van der Waals surface area contributed by atoms with Crippen LogP contribution in [-0.4, -0.2) is 11.5 Å². The van der Waals surface area contributed by atoms with E-state index in [9.17, 15) is 10.1 Å². The average Bonchev–Trinajstić information content (AvgIpc) is 3.10. The van der Waals surface area contributed by atoms with E-state index in [0.29, 0.717) is 11.0 Å². The Balaban J connectivity index is 1.86. The molecule has 17 heavy (non-hydrogen) atoms. The molecule has 0 aliphatic heterocycles. The van der Waals surface area contributed by atoms with Gasteiger partial charge in [-0.2, -0.15) is 0 Å². The zero-order valence-corrected chi connectivity index (χ0v) is 11.1. The van der Waals surface area contributed by atoms with Gasteiger partial charge in [0.25, 0.3) is 5.69 Å². The molecule has 0 amide bonds. The van der Waals surface area contributed by atoms with E-state index >= 15 is 0 Å².